The second-order valence-corrected chi connectivity index (χ2v) is 13.1. The Kier molecular flexibility index (Phi) is 3.46. The van der Waals surface area contributed by atoms with Gasteiger partial charge in [0, 0.05) is 28.6 Å². The van der Waals surface area contributed by atoms with E-state index in [-0.39, 0.29) is 0 Å². The van der Waals surface area contributed by atoms with Crippen molar-refractivity contribution in [1.82, 2.24) is 14.5 Å². The number of benzene rings is 2. The van der Waals surface area contributed by atoms with Crippen LogP contribution in [-0.4, -0.2) is 22.6 Å². The minimum Gasteiger partial charge on any atom is -0.277 e. The Bertz CT molecular complexity index is 1260. The summed E-state index contributed by atoms with van der Waals surface area (Å²) in [5.41, 5.74) is 2.10. The summed E-state index contributed by atoms with van der Waals surface area (Å²) in [6.07, 6.45) is 3.76. The van der Waals surface area contributed by atoms with E-state index in [1.54, 1.807) is 0 Å². The van der Waals surface area contributed by atoms with Crippen LogP contribution in [0, 0.1) is 0 Å². The van der Waals surface area contributed by atoms with Gasteiger partial charge < -0.3 is 0 Å². The van der Waals surface area contributed by atoms with Gasteiger partial charge in [-0.15, -0.1) is 0 Å². The Labute approximate surface area is 159 Å². The molecule has 0 aliphatic carbocycles. The normalized spacial score (nSPS) is 12.3. The first-order valence-corrected chi connectivity index (χ1v) is 12.8. The van der Waals surface area contributed by atoms with Gasteiger partial charge in [0.2, 0.25) is 0 Å². The van der Waals surface area contributed by atoms with E-state index in [0.29, 0.717) is 0 Å². The highest BCUT2D eigenvalue weighted by Gasteiger charge is 2.19. The molecule has 0 aliphatic rings. The van der Waals surface area contributed by atoms with Crippen LogP contribution in [0.1, 0.15) is 0 Å². The van der Waals surface area contributed by atoms with Crippen molar-refractivity contribution in [2.24, 2.45) is 0 Å². The monoisotopic (exact) mass is 367 g/mol. The zero-order chi connectivity index (χ0) is 18.6. The molecular formula is C23H21N3Si. The van der Waals surface area contributed by atoms with Crippen molar-refractivity contribution in [3.05, 3.63) is 73.1 Å². The zero-order valence-corrected chi connectivity index (χ0v) is 16.8. The minimum atomic E-state index is -1.42. The third kappa shape index (κ3) is 2.48. The van der Waals surface area contributed by atoms with E-state index < -0.39 is 8.07 Å². The van der Waals surface area contributed by atoms with Crippen LogP contribution in [-0.2, 0) is 0 Å². The molecule has 0 N–H and O–H groups in total. The summed E-state index contributed by atoms with van der Waals surface area (Å²) in [4.78, 5) is 9.52. The quantitative estimate of drug-likeness (QED) is 0.398. The fourth-order valence-corrected chi connectivity index (χ4v) is 4.97. The number of aromatic nitrogens is 3. The third-order valence-electron chi connectivity index (χ3n) is 5.26. The molecule has 0 bridgehead atoms. The Morgan fingerprint density at radius 2 is 1.56 bits per heavy atom. The largest absolute Gasteiger partial charge is 0.277 e. The Morgan fingerprint density at radius 1 is 0.741 bits per heavy atom. The highest BCUT2D eigenvalue weighted by molar-refractivity contribution is 6.88. The molecule has 3 aromatic heterocycles. The van der Waals surface area contributed by atoms with E-state index in [1.165, 1.54) is 21.3 Å². The zero-order valence-electron chi connectivity index (χ0n) is 15.8. The molecule has 0 radical (unpaired) electrons. The van der Waals surface area contributed by atoms with E-state index in [0.717, 1.165) is 22.4 Å². The lowest BCUT2D eigenvalue weighted by Crippen LogP contribution is -2.37. The number of hydrogen-bond acceptors (Lipinski definition) is 2. The van der Waals surface area contributed by atoms with Gasteiger partial charge in [-0.05, 0) is 29.7 Å². The van der Waals surface area contributed by atoms with Crippen LogP contribution >= 0.6 is 0 Å². The van der Waals surface area contributed by atoms with Gasteiger partial charge in [0.05, 0.1) is 13.6 Å². The third-order valence-corrected chi connectivity index (χ3v) is 7.30. The van der Waals surface area contributed by atoms with Crippen molar-refractivity contribution >= 4 is 46.0 Å². The summed E-state index contributed by atoms with van der Waals surface area (Å²) in [5, 5.41) is 6.21. The van der Waals surface area contributed by atoms with Crippen molar-refractivity contribution in [2.75, 3.05) is 0 Å². The second kappa shape index (κ2) is 5.76. The molecule has 5 aromatic rings. The van der Waals surface area contributed by atoms with Gasteiger partial charge in [-0.25, -0.2) is 9.97 Å². The maximum Gasteiger partial charge on any atom is 0.146 e. The highest BCUT2D eigenvalue weighted by atomic mass is 28.3. The van der Waals surface area contributed by atoms with Gasteiger partial charge in [0.1, 0.15) is 11.5 Å². The van der Waals surface area contributed by atoms with Crippen molar-refractivity contribution in [3.63, 3.8) is 0 Å². The van der Waals surface area contributed by atoms with E-state index in [9.17, 15) is 0 Å². The molecule has 0 saturated heterocycles. The van der Waals surface area contributed by atoms with Crippen molar-refractivity contribution in [2.45, 2.75) is 19.6 Å². The smallest absolute Gasteiger partial charge is 0.146 e. The fourth-order valence-electron chi connectivity index (χ4n) is 3.81. The molecule has 0 spiro atoms. The summed E-state index contributed by atoms with van der Waals surface area (Å²) < 4.78 is 2.21. The first kappa shape index (κ1) is 16.2. The van der Waals surface area contributed by atoms with Gasteiger partial charge >= 0.3 is 0 Å². The first-order valence-electron chi connectivity index (χ1n) is 9.28. The van der Waals surface area contributed by atoms with E-state index >= 15 is 0 Å². The summed E-state index contributed by atoms with van der Waals surface area (Å²) in [7, 11) is -1.42. The van der Waals surface area contributed by atoms with Gasteiger partial charge in [0.25, 0.3) is 0 Å². The van der Waals surface area contributed by atoms with Crippen LogP contribution in [0.2, 0.25) is 19.6 Å². The number of nitrogens with zero attached hydrogens (tertiary/aromatic N) is 3. The Hall–Kier alpha value is -2.98. The lowest BCUT2D eigenvalue weighted by atomic mass is 10.1. The van der Waals surface area contributed by atoms with Gasteiger partial charge in [-0.3, -0.25) is 4.57 Å². The SMILES string of the molecule is C[Si](C)(C)c1ccc2ccnc(-n3c4ccccc4c4cccnc43)c2c1. The number of para-hydroxylation sites is 1. The number of pyridine rings is 2. The van der Waals surface area contributed by atoms with Gasteiger partial charge in [0.15, 0.2) is 0 Å². The lowest BCUT2D eigenvalue weighted by Gasteiger charge is -2.18. The van der Waals surface area contributed by atoms with Crippen molar-refractivity contribution < 1.29 is 0 Å². The van der Waals surface area contributed by atoms with Crippen LogP contribution in [0.4, 0.5) is 0 Å². The molecule has 0 atom stereocenters. The van der Waals surface area contributed by atoms with Crippen LogP contribution in [0.3, 0.4) is 0 Å². The van der Waals surface area contributed by atoms with Crippen molar-refractivity contribution in [3.8, 4) is 5.82 Å². The summed E-state index contributed by atoms with van der Waals surface area (Å²) in [6, 6.07) is 21.6. The van der Waals surface area contributed by atoms with Gasteiger partial charge in [-0.2, -0.15) is 0 Å². The number of fused-ring (bicyclic) bond motifs is 4. The summed E-state index contributed by atoms with van der Waals surface area (Å²) in [5.74, 6) is 0.956. The molecule has 27 heavy (non-hydrogen) atoms. The molecule has 5 rings (SSSR count). The van der Waals surface area contributed by atoms with Crippen LogP contribution in [0.25, 0.3) is 38.5 Å². The number of hydrogen-bond donors (Lipinski definition) is 0. The summed E-state index contributed by atoms with van der Waals surface area (Å²) in [6.45, 7) is 7.14. The lowest BCUT2D eigenvalue weighted by molar-refractivity contribution is 1.07. The minimum absolute atomic E-state index is 0.956. The molecule has 0 saturated carbocycles. The number of rotatable bonds is 2. The highest BCUT2D eigenvalue weighted by Crippen LogP contribution is 2.32. The molecule has 3 heterocycles. The van der Waals surface area contributed by atoms with Crippen molar-refractivity contribution in [1.29, 1.82) is 0 Å². The summed E-state index contributed by atoms with van der Waals surface area (Å²) >= 11 is 0. The molecular weight excluding hydrogens is 346 g/mol. The first-order chi connectivity index (χ1) is 13.0. The van der Waals surface area contributed by atoms with E-state index in [2.05, 4.69) is 78.8 Å². The standard InChI is InChI=1S/C23H21N3Si/c1-27(2,3)17-11-10-16-12-14-25-23(20(16)15-17)26-21-9-5-4-7-18(21)19-8-6-13-24-22(19)26/h4-15H,1-3H3. The molecule has 0 fully saturated rings. The molecule has 2 aromatic carbocycles. The molecule has 132 valence electrons. The Balaban J connectivity index is 1.94. The maximum absolute atomic E-state index is 4.81. The average Bonchev–Trinajstić information content (AvgIpc) is 3.01. The van der Waals surface area contributed by atoms with Gasteiger partial charge in [-0.1, -0.05) is 61.2 Å². The molecule has 0 amide bonds. The predicted molar refractivity (Wildman–Crippen MR) is 117 cm³/mol. The molecule has 0 aliphatic heterocycles. The topological polar surface area (TPSA) is 30.7 Å². The fraction of sp³-hybridized carbons (Fsp3) is 0.130. The van der Waals surface area contributed by atoms with Crippen LogP contribution < -0.4 is 5.19 Å². The second-order valence-electron chi connectivity index (χ2n) is 8.05. The maximum atomic E-state index is 4.81. The Morgan fingerprint density at radius 3 is 2.41 bits per heavy atom. The molecule has 4 heteroatoms. The van der Waals surface area contributed by atoms with E-state index in [1.807, 2.05) is 18.5 Å². The average molecular weight is 368 g/mol. The molecule has 3 nitrogen and oxygen atoms in total. The van der Waals surface area contributed by atoms with Crippen LogP contribution in [0.5, 0.6) is 0 Å². The van der Waals surface area contributed by atoms with E-state index in [4.69, 9.17) is 9.97 Å². The molecule has 0 unspecified atom stereocenters. The predicted octanol–water partition coefficient (Wildman–Crippen LogP) is 5.27. The van der Waals surface area contributed by atoms with Crippen LogP contribution in [0.15, 0.2) is 73.1 Å².